The number of aryl methyl sites for hydroxylation is 4. The molecule has 414 valence electrons. The topological polar surface area (TPSA) is 24.7 Å². The van der Waals surface area contributed by atoms with Crippen LogP contribution in [0.1, 0.15) is 340 Å². The van der Waals surface area contributed by atoms with Crippen LogP contribution in [0, 0.1) is 11.8 Å². The third-order valence-electron chi connectivity index (χ3n) is 15.2. The second-order valence-electron chi connectivity index (χ2n) is 22.1. The first-order valence-electron chi connectivity index (χ1n) is 32.0. The Labute approximate surface area is 460 Å². The molecule has 2 aromatic carbocycles. The van der Waals surface area contributed by atoms with E-state index in [1.54, 1.807) is 0 Å². The molecule has 3 heteroatoms. The Morgan fingerprint density at radius 1 is 0.319 bits per heavy atom. The van der Waals surface area contributed by atoms with Crippen molar-refractivity contribution in [3.05, 3.63) is 58.7 Å². The van der Waals surface area contributed by atoms with Crippen molar-refractivity contribution in [2.45, 2.75) is 343 Å². The summed E-state index contributed by atoms with van der Waals surface area (Å²) in [7, 11) is 0. The van der Waals surface area contributed by atoms with E-state index < -0.39 is 0 Å². The van der Waals surface area contributed by atoms with Gasteiger partial charge >= 0.3 is 0 Å². The fourth-order valence-electron chi connectivity index (χ4n) is 10.5. The maximum absolute atomic E-state index is 5.50. The predicted octanol–water partition coefficient (Wildman–Crippen LogP) is 23.6. The third kappa shape index (κ3) is 36.7. The smallest absolute Gasteiger partial charge is 0.135 e. The zero-order valence-electron chi connectivity index (χ0n) is 48.9. The summed E-state index contributed by atoms with van der Waals surface area (Å²) in [5.74, 6) is 7.34. The summed E-state index contributed by atoms with van der Waals surface area (Å²) in [4.78, 5) is 11.0. The molecule has 0 saturated heterocycles. The van der Waals surface area contributed by atoms with E-state index in [1.807, 2.05) is 0 Å². The number of unbranched alkanes of at least 4 members (excludes halogenated alkanes) is 36. The molecule has 0 saturated carbocycles. The maximum Gasteiger partial charge on any atom is 0.135 e. The Morgan fingerprint density at radius 2 is 0.611 bits per heavy atom. The van der Waals surface area contributed by atoms with E-state index >= 15 is 0 Å². The van der Waals surface area contributed by atoms with Gasteiger partial charge in [-0.3, -0.25) is 4.99 Å². The molecule has 0 bridgehead atoms. The van der Waals surface area contributed by atoms with E-state index in [0.717, 1.165) is 54.9 Å². The third-order valence-corrected chi connectivity index (χ3v) is 15.2. The van der Waals surface area contributed by atoms with Crippen molar-refractivity contribution in [2.75, 3.05) is 0 Å². The molecule has 72 heavy (non-hydrogen) atoms. The molecule has 0 aliphatic heterocycles. The summed E-state index contributed by atoms with van der Waals surface area (Å²) in [6, 6.07) is 14.2. The monoisotopic (exact) mass is 1030 g/mol. The van der Waals surface area contributed by atoms with Gasteiger partial charge in [-0.05, 0) is 123 Å². The van der Waals surface area contributed by atoms with Gasteiger partial charge in [-0.2, -0.15) is 0 Å². The minimum atomic E-state index is 0. The molecule has 0 fully saturated rings. The van der Waals surface area contributed by atoms with Crippen LogP contribution in [0.15, 0.2) is 46.4 Å². The van der Waals surface area contributed by atoms with Crippen LogP contribution in [-0.4, -0.2) is 11.4 Å². The summed E-state index contributed by atoms with van der Waals surface area (Å²) in [6.07, 6.45) is 62.4. The van der Waals surface area contributed by atoms with E-state index in [2.05, 4.69) is 89.8 Å². The van der Waals surface area contributed by atoms with Gasteiger partial charge in [0.25, 0.3) is 0 Å². The first-order valence-corrected chi connectivity index (χ1v) is 32.0. The average molecular weight is 1030 g/mol. The van der Waals surface area contributed by atoms with Gasteiger partial charge in [0, 0.05) is 22.9 Å². The zero-order valence-corrected chi connectivity index (χ0v) is 49.9. The molecule has 0 amide bonds. The standard InChI is InChI=1S/C69H118N2.Ni/c1-7-13-19-20-21-22-23-24-25-26-27-28-29-30-31-32-33-34-35-36-37-38-39-40-41-42-43-49-55-69(71-67-59-57-63(51-45-15-9-3)65(61-67)53-47-17-11-5)68(54-48-18-12-6)70-66-58-56-62(50-44-14-8-2)64(60-66)52-46-16-10-4;/h56-61H,7-48,50-54H2,1-6H3;/b70-68+,71-69+;. The van der Waals surface area contributed by atoms with Crippen molar-refractivity contribution in [3.63, 3.8) is 0 Å². The number of benzene rings is 2. The number of hydrogen-bond donors (Lipinski definition) is 0. The number of nitrogens with zero attached hydrogens (tertiary/aromatic N) is 2. The van der Waals surface area contributed by atoms with Crippen molar-refractivity contribution < 1.29 is 16.5 Å². The SMILES string of the molecule is CCCCCCCCCCCCCCCCCCCCCCCCCCCCC#CC(=N\c1ccc(CCCCC)c(CCCCC)c1)/C(CCCCC)=N/c1ccc(CCCCC)c(CCCCC)c1.[Ni]. The fourth-order valence-corrected chi connectivity index (χ4v) is 10.5. The number of hydrogen-bond acceptors (Lipinski definition) is 2. The number of rotatable bonds is 49. The second kappa shape index (κ2) is 51.0. The van der Waals surface area contributed by atoms with Crippen molar-refractivity contribution in [3.8, 4) is 11.8 Å². The Balaban J connectivity index is 0.0000259. The van der Waals surface area contributed by atoms with Crippen LogP contribution in [0.25, 0.3) is 0 Å². The van der Waals surface area contributed by atoms with Gasteiger partial charge in [-0.1, -0.05) is 284 Å². The molecule has 0 N–H and O–H groups in total. The van der Waals surface area contributed by atoms with Crippen molar-refractivity contribution in [2.24, 2.45) is 9.98 Å². The van der Waals surface area contributed by atoms with E-state index in [4.69, 9.17) is 9.98 Å². The summed E-state index contributed by atoms with van der Waals surface area (Å²) < 4.78 is 0. The van der Waals surface area contributed by atoms with Gasteiger partial charge < -0.3 is 0 Å². The largest absolute Gasteiger partial charge is 0.251 e. The molecule has 0 heterocycles. The average Bonchev–Trinajstić information content (AvgIpc) is 3.38. The Morgan fingerprint density at radius 3 is 0.972 bits per heavy atom. The Bertz CT molecular complexity index is 1640. The van der Waals surface area contributed by atoms with Gasteiger partial charge in [-0.25, -0.2) is 4.99 Å². The van der Waals surface area contributed by atoms with Crippen molar-refractivity contribution >= 4 is 22.8 Å². The minimum absolute atomic E-state index is 0. The molecule has 2 nitrogen and oxygen atoms in total. The summed E-state index contributed by atoms with van der Waals surface area (Å²) >= 11 is 0. The first-order chi connectivity index (χ1) is 35.1. The van der Waals surface area contributed by atoms with Gasteiger partial charge in [-0.15, -0.1) is 0 Å². The molecule has 0 spiro atoms. The molecule has 0 aromatic heterocycles. The Hall–Kier alpha value is -2.17. The van der Waals surface area contributed by atoms with E-state index in [-0.39, 0.29) is 16.5 Å². The van der Waals surface area contributed by atoms with E-state index in [0.29, 0.717) is 0 Å². The molecule has 0 unspecified atom stereocenters. The first kappa shape index (κ1) is 67.8. The molecule has 0 radical (unpaired) electrons. The number of aliphatic imine (C=N–C) groups is 2. The van der Waals surface area contributed by atoms with Gasteiger partial charge in [0.05, 0.1) is 17.1 Å². The molecule has 0 aliphatic carbocycles. The van der Waals surface area contributed by atoms with Crippen LogP contribution < -0.4 is 0 Å². The van der Waals surface area contributed by atoms with Crippen LogP contribution in [-0.2, 0) is 42.2 Å². The predicted molar refractivity (Wildman–Crippen MR) is 322 cm³/mol. The Kier molecular flexibility index (Phi) is 48.0. The summed E-state index contributed by atoms with van der Waals surface area (Å²) in [5, 5.41) is 0. The zero-order chi connectivity index (χ0) is 50.9. The fraction of sp³-hybridized carbons (Fsp3) is 0.768. The van der Waals surface area contributed by atoms with E-state index in [1.165, 1.54) is 292 Å². The van der Waals surface area contributed by atoms with Crippen molar-refractivity contribution in [1.29, 1.82) is 0 Å². The molecule has 2 rings (SSSR count). The van der Waals surface area contributed by atoms with Crippen LogP contribution in [0.3, 0.4) is 0 Å². The summed E-state index contributed by atoms with van der Waals surface area (Å²) in [6.45, 7) is 13.9. The van der Waals surface area contributed by atoms with Gasteiger partial charge in [0.2, 0.25) is 0 Å². The molecule has 2 aromatic rings. The van der Waals surface area contributed by atoms with Gasteiger partial charge in [0.15, 0.2) is 0 Å². The molecule has 0 atom stereocenters. The second-order valence-corrected chi connectivity index (χ2v) is 22.1. The normalized spacial score (nSPS) is 11.8. The molecular weight excluding hydrogens is 915 g/mol. The molecular formula is C69H118N2Ni. The minimum Gasteiger partial charge on any atom is -0.251 e. The maximum atomic E-state index is 5.50. The summed E-state index contributed by atoms with van der Waals surface area (Å²) in [5.41, 5.74) is 10.2. The van der Waals surface area contributed by atoms with Crippen molar-refractivity contribution in [1.82, 2.24) is 0 Å². The van der Waals surface area contributed by atoms with Crippen LogP contribution in [0.4, 0.5) is 11.4 Å². The van der Waals surface area contributed by atoms with Crippen LogP contribution in [0.5, 0.6) is 0 Å². The van der Waals surface area contributed by atoms with Crippen LogP contribution in [0.2, 0.25) is 0 Å². The van der Waals surface area contributed by atoms with E-state index in [9.17, 15) is 0 Å². The quantitative estimate of drug-likeness (QED) is 0.0273. The van der Waals surface area contributed by atoms with Crippen LogP contribution >= 0.6 is 0 Å². The van der Waals surface area contributed by atoms with Gasteiger partial charge in [0.1, 0.15) is 5.71 Å². The molecule has 0 aliphatic rings.